The van der Waals surface area contributed by atoms with Crippen molar-refractivity contribution in [3.8, 4) is 0 Å². The van der Waals surface area contributed by atoms with Gasteiger partial charge in [0.25, 0.3) is 0 Å². The van der Waals surface area contributed by atoms with E-state index in [0.29, 0.717) is 31.5 Å². The Kier molecular flexibility index (Phi) is 12.3. The van der Waals surface area contributed by atoms with Crippen LogP contribution in [0.2, 0.25) is 0 Å². The molecule has 0 bridgehead atoms. The van der Waals surface area contributed by atoms with E-state index in [0.717, 1.165) is 19.4 Å². The fraction of sp³-hybridized carbons (Fsp3) is 0.789. The van der Waals surface area contributed by atoms with Gasteiger partial charge in [-0.1, -0.05) is 6.42 Å². The van der Waals surface area contributed by atoms with Gasteiger partial charge in [0, 0.05) is 19.9 Å². The number of rotatable bonds is 13. The maximum Gasteiger partial charge on any atom is 0.315 e. The average molecular weight is 385 g/mol. The average Bonchev–Trinajstić information content (AvgIpc) is 2.55. The summed E-state index contributed by atoms with van der Waals surface area (Å²) in [6, 6.07) is -0.600. The number of hydrogen-bond donors (Lipinski definition) is 3. The van der Waals surface area contributed by atoms with Crippen LogP contribution in [0.1, 0.15) is 65.7 Å². The lowest BCUT2D eigenvalue weighted by Crippen LogP contribution is -2.42. The van der Waals surface area contributed by atoms with E-state index in [-0.39, 0.29) is 5.78 Å². The standard InChI is InChI=1S/C19H36N4O4/c1-19(2,3)27-18(26)13-17(25)23-14(15(24)10-8-12-21-4)9-6-7-11-16(20)22-5/h14,21H,6-13H2,1-5H3,(H2,20,22)(H,23,25)/t14-/m0/s1. The number of amides is 1. The van der Waals surface area contributed by atoms with E-state index in [2.05, 4.69) is 15.6 Å². The fourth-order valence-corrected chi connectivity index (χ4v) is 2.45. The summed E-state index contributed by atoms with van der Waals surface area (Å²) in [6.45, 7) is 5.94. The van der Waals surface area contributed by atoms with Gasteiger partial charge in [0.15, 0.2) is 5.78 Å². The molecule has 0 rings (SSSR count). The molecule has 8 heteroatoms. The van der Waals surface area contributed by atoms with E-state index < -0.39 is 29.9 Å². The number of nitrogens with two attached hydrogens (primary N) is 1. The molecule has 0 aliphatic heterocycles. The Morgan fingerprint density at radius 3 is 2.33 bits per heavy atom. The molecule has 0 saturated heterocycles. The zero-order valence-corrected chi connectivity index (χ0v) is 17.4. The normalized spacial score (nSPS) is 13.1. The molecule has 4 N–H and O–H groups in total. The van der Waals surface area contributed by atoms with Crippen molar-refractivity contribution in [1.82, 2.24) is 10.6 Å². The van der Waals surface area contributed by atoms with Crippen LogP contribution in [-0.2, 0) is 19.1 Å². The van der Waals surface area contributed by atoms with Gasteiger partial charge in [0.2, 0.25) is 5.91 Å². The maximum atomic E-state index is 12.4. The number of esters is 1. The van der Waals surface area contributed by atoms with Crippen LogP contribution in [-0.4, -0.2) is 55.8 Å². The molecule has 0 aliphatic rings. The van der Waals surface area contributed by atoms with Crippen LogP contribution in [0.15, 0.2) is 4.99 Å². The highest BCUT2D eigenvalue weighted by molar-refractivity contribution is 5.97. The van der Waals surface area contributed by atoms with Gasteiger partial charge >= 0.3 is 5.97 Å². The first-order valence-electron chi connectivity index (χ1n) is 9.48. The minimum absolute atomic E-state index is 0.0279. The van der Waals surface area contributed by atoms with Gasteiger partial charge in [0.1, 0.15) is 12.0 Å². The Bertz CT molecular complexity index is 512. The van der Waals surface area contributed by atoms with Crippen molar-refractivity contribution in [3.63, 3.8) is 0 Å². The fourth-order valence-electron chi connectivity index (χ4n) is 2.45. The number of ether oxygens (including phenoxy) is 1. The molecule has 0 radical (unpaired) electrons. The molecular formula is C19H36N4O4. The van der Waals surface area contributed by atoms with Crippen LogP contribution in [0.4, 0.5) is 0 Å². The molecule has 1 amide bonds. The first-order chi connectivity index (χ1) is 12.6. The van der Waals surface area contributed by atoms with Gasteiger partial charge in [-0.3, -0.25) is 19.4 Å². The van der Waals surface area contributed by atoms with E-state index in [1.807, 2.05) is 7.05 Å². The van der Waals surface area contributed by atoms with Crippen molar-refractivity contribution in [2.75, 3.05) is 20.6 Å². The van der Waals surface area contributed by atoms with Gasteiger partial charge in [-0.25, -0.2) is 0 Å². The number of aliphatic imine (C=N–C) groups is 1. The zero-order chi connectivity index (χ0) is 20.9. The van der Waals surface area contributed by atoms with Gasteiger partial charge < -0.3 is 21.1 Å². The van der Waals surface area contributed by atoms with Crippen LogP contribution < -0.4 is 16.4 Å². The molecule has 0 aromatic rings. The first kappa shape index (κ1) is 25.0. The van der Waals surface area contributed by atoms with Crippen molar-refractivity contribution in [2.45, 2.75) is 77.4 Å². The smallest absolute Gasteiger partial charge is 0.315 e. The van der Waals surface area contributed by atoms with Gasteiger partial charge in [-0.15, -0.1) is 0 Å². The molecule has 156 valence electrons. The number of Topliss-reactive ketones (excluding diaryl/α,β-unsaturated/α-hetero) is 1. The van der Waals surface area contributed by atoms with Gasteiger partial charge in [0.05, 0.1) is 11.9 Å². The SMILES string of the molecule is CN=C(N)CCCC[C@H](NC(=O)CC(=O)OC(C)(C)C)C(=O)CCCNC. The van der Waals surface area contributed by atoms with Crippen molar-refractivity contribution in [1.29, 1.82) is 0 Å². The molecule has 0 fully saturated rings. The Balaban J connectivity index is 4.64. The number of carbonyl (C=O) groups excluding carboxylic acids is 3. The Labute approximate surface area is 162 Å². The first-order valence-corrected chi connectivity index (χ1v) is 9.48. The van der Waals surface area contributed by atoms with Crippen LogP contribution in [0, 0.1) is 0 Å². The van der Waals surface area contributed by atoms with E-state index in [4.69, 9.17) is 10.5 Å². The second kappa shape index (κ2) is 13.2. The predicted octanol–water partition coefficient (Wildman–Crippen LogP) is 1.32. The highest BCUT2D eigenvalue weighted by Crippen LogP contribution is 2.10. The molecule has 0 heterocycles. The maximum absolute atomic E-state index is 12.4. The van der Waals surface area contributed by atoms with E-state index >= 15 is 0 Å². The number of hydrogen-bond acceptors (Lipinski definition) is 6. The number of unbranched alkanes of at least 4 members (excludes halogenated alkanes) is 1. The molecule has 0 aromatic carbocycles. The molecule has 0 saturated carbocycles. The Hall–Kier alpha value is -1.96. The summed E-state index contributed by atoms with van der Waals surface area (Å²) in [5, 5.41) is 5.69. The summed E-state index contributed by atoms with van der Waals surface area (Å²) >= 11 is 0. The monoisotopic (exact) mass is 384 g/mol. The summed E-state index contributed by atoms with van der Waals surface area (Å²) in [5.41, 5.74) is 5.02. The number of carbonyl (C=O) groups is 3. The van der Waals surface area contributed by atoms with Crippen molar-refractivity contribution in [2.24, 2.45) is 10.7 Å². The van der Waals surface area contributed by atoms with Crippen LogP contribution in [0.5, 0.6) is 0 Å². The van der Waals surface area contributed by atoms with E-state index in [9.17, 15) is 14.4 Å². The minimum Gasteiger partial charge on any atom is -0.460 e. The Morgan fingerprint density at radius 2 is 1.78 bits per heavy atom. The quantitative estimate of drug-likeness (QED) is 0.145. The lowest BCUT2D eigenvalue weighted by atomic mass is 10.0. The topological polar surface area (TPSA) is 123 Å². The third-order valence-corrected chi connectivity index (χ3v) is 3.76. The van der Waals surface area contributed by atoms with Crippen LogP contribution >= 0.6 is 0 Å². The number of nitrogens with zero attached hydrogens (tertiary/aromatic N) is 1. The molecule has 0 aliphatic carbocycles. The van der Waals surface area contributed by atoms with Crippen molar-refractivity contribution < 1.29 is 19.1 Å². The lowest BCUT2D eigenvalue weighted by molar-refractivity contribution is -0.156. The summed E-state index contributed by atoms with van der Waals surface area (Å²) in [4.78, 5) is 40.3. The van der Waals surface area contributed by atoms with E-state index in [1.165, 1.54) is 0 Å². The summed E-state index contributed by atoms with van der Waals surface area (Å²) in [5.74, 6) is -0.556. The number of nitrogens with one attached hydrogen (secondary N) is 2. The molecule has 27 heavy (non-hydrogen) atoms. The molecule has 0 aromatic heterocycles. The largest absolute Gasteiger partial charge is 0.460 e. The third kappa shape index (κ3) is 13.8. The van der Waals surface area contributed by atoms with Gasteiger partial charge in [-0.05, 0) is 53.6 Å². The van der Waals surface area contributed by atoms with Crippen LogP contribution in [0.25, 0.3) is 0 Å². The Morgan fingerprint density at radius 1 is 1.11 bits per heavy atom. The van der Waals surface area contributed by atoms with Crippen LogP contribution in [0.3, 0.4) is 0 Å². The zero-order valence-electron chi connectivity index (χ0n) is 17.4. The lowest BCUT2D eigenvalue weighted by Gasteiger charge is -2.21. The van der Waals surface area contributed by atoms with Crippen molar-refractivity contribution in [3.05, 3.63) is 0 Å². The van der Waals surface area contributed by atoms with Gasteiger partial charge in [-0.2, -0.15) is 0 Å². The van der Waals surface area contributed by atoms with Crippen molar-refractivity contribution >= 4 is 23.5 Å². The molecule has 1 atom stereocenters. The number of ketones is 1. The summed E-state index contributed by atoms with van der Waals surface area (Å²) in [7, 11) is 3.46. The predicted molar refractivity (Wildman–Crippen MR) is 107 cm³/mol. The second-order valence-electron chi connectivity index (χ2n) is 7.52. The van der Waals surface area contributed by atoms with E-state index in [1.54, 1.807) is 27.8 Å². The third-order valence-electron chi connectivity index (χ3n) is 3.76. The number of amidine groups is 1. The summed E-state index contributed by atoms with van der Waals surface area (Å²) < 4.78 is 5.15. The highest BCUT2D eigenvalue weighted by atomic mass is 16.6. The second-order valence-corrected chi connectivity index (χ2v) is 7.52. The highest BCUT2D eigenvalue weighted by Gasteiger charge is 2.23. The molecule has 0 spiro atoms. The molecule has 8 nitrogen and oxygen atoms in total. The summed E-state index contributed by atoms with van der Waals surface area (Å²) in [6.07, 6.45) is 3.35. The molecule has 0 unspecified atom stereocenters. The molecular weight excluding hydrogens is 348 g/mol. The minimum atomic E-state index is -0.652.